The average molecular weight is 258 g/mol. The molecule has 3 N–H and O–H groups in total. The van der Waals surface area contributed by atoms with Crippen molar-refractivity contribution in [2.75, 3.05) is 5.43 Å². The van der Waals surface area contributed by atoms with Gasteiger partial charge in [-0.25, -0.2) is 15.8 Å². The summed E-state index contributed by atoms with van der Waals surface area (Å²) >= 11 is 0. The van der Waals surface area contributed by atoms with Gasteiger partial charge in [0.25, 0.3) is 0 Å². The number of hydrogen-bond donors (Lipinski definition) is 2. The second kappa shape index (κ2) is 5.67. The Morgan fingerprint density at radius 2 is 2.05 bits per heavy atom. The van der Waals surface area contributed by atoms with E-state index in [1.807, 2.05) is 26.0 Å². The van der Waals surface area contributed by atoms with Crippen molar-refractivity contribution in [3.63, 3.8) is 0 Å². The van der Waals surface area contributed by atoms with Gasteiger partial charge in [0.2, 0.25) is 5.88 Å². The molecule has 0 saturated heterocycles. The van der Waals surface area contributed by atoms with Gasteiger partial charge in [0.05, 0.1) is 5.56 Å². The third kappa shape index (κ3) is 2.66. The largest absolute Gasteiger partial charge is 0.438 e. The van der Waals surface area contributed by atoms with E-state index in [0.717, 1.165) is 23.3 Å². The van der Waals surface area contributed by atoms with Crippen LogP contribution in [0.4, 0.5) is 5.82 Å². The molecule has 0 aliphatic heterocycles. The Kier molecular flexibility index (Phi) is 3.97. The van der Waals surface area contributed by atoms with E-state index in [9.17, 15) is 0 Å². The molecule has 0 spiro atoms. The number of aryl methyl sites for hydroxylation is 1. The molecule has 2 aromatic rings. The molecule has 0 unspecified atom stereocenters. The highest BCUT2D eigenvalue weighted by Gasteiger charge is 2.12. The molecule has 5 nitrogen and oxygen atoms in total. The number of nitrogens with one attached hydrogen (secondary N) is 1. The van der Waals surface area contributed by atoms with E-state index < -0.39 is 0 Å². The van der Waals surface area contributed by atoms with Gasteiger partial charge in [-0.1, -0.05) is 19.1 Å². The van der Waals surface area contributed by atoms with E-state index in [0.29, 0.717) is 11.7 Å². The lowest BCUT2D eigenvalue weighted by Gasteiger charge is -2.13. The second-order valence-electron chi connectivity index (χ2n) is 4.30. The fourth-order valence-electron chi connectivity index (χ4n) is 1.87. The summed E-state index contributed by atoms with van der Waals surface area (Å²) < 4.78 is 5.91. The highest BCUT2D eigenvalue weighted by atomic mass is 16.5. The van der Waals surface area contributed by atoms with Gasteiger partial charge in [0.1, 0.15) is 17.9 Å². The van der Waals surface area contributed by atoms with E-state index in [1.165, 1.54) is 11.9 Å². The molecule has 1 aromatic heterocycles. The van der Waals surface area contributed by atoms with Crippen LogP contribution in [0.25, 0.3) is 0 Å². The molecule has 19 heavy (non-hydrogen) atoms. The summed E-state index contributed by atoms with van der Waals surface area (Å²) in [7, 11) is 0. The number of anilines is 1. The van der Waals surface area contributed by atoms with Crippen LogP contribution in [0.3, 0.4) is 0 Å². The minimum absolute atomic E-state index is 0.541. The van der Waals surface area contributed by atoms with Crippen LogP contribution in [-0.4, -0.2) is 9.97 Å². The van der Waals surface area contributed by atoms with E-state index in [4.69, 9.17) is 10.6 Å². The predicted octanol–water partition coefficient (Wildman–Crippen LogP) is 2.73. The summed E-state index contributed by atoms with van der Waals surface area (Å²) in [6.45, 7) is 6.09. The molecule has 0 radical (unpaired) electrons. The highest BCUT2D eigenvalue weighted by molar-refractivity contribution is 5.50. The normalized spacial score (nSPS) is 10.3. The van der Waals surface area contributed by atoms with Crippen LogP contribution >= 0.6 is 0 Å². The third-order valence-corrected chi connectivity index (χ3v) is 3.16. The lowest BCUT2D eigenvalue weighted by molar-refractivity contribution is 0.452. The van der Waals surface area contributed by atoms with E-state index in [2.05, 4.69) is 28.4 Å². The first-order valence-electron chi connectivity index (χ1n) is 6.22. The van der Waals surface area contributed by atoms with Gasteiger partial charge >= 0.3 is 0 Å². The molecule has 0 atom stereocenters. The van der Waals surface area contributed by atoms with Crippen molar-refractivity contribution in [2.24, 2.45) is 5.84 Å². The van der Waals surface area contributed by atoms with Crippen molar-refractivity contribution < 1.29 is 4.74 Å². The van der Waals surface area contributed by atoms with Crippen LogP contribution in [0.1, 0.15) is 23.6 Å². The fraction of sp³-hybridized carbons (Fsp3) is 0.286. The van der Waals surface area contributed by atoms with E-state index in [1.54, 1.807) is 0 Å². The smallest absolute Gasteiger partial charge is 0.227 e. The van der Waals surface area contributed by atoms with Gasteiger partial charge in [-0.15, -0.1) is 0 Å². The molecule has 0 bridgehead atoms. The number of nitrogens with two attached hydrogens (primary N) is 1. The number of benzene rings is 1. The van der Waals surface area contributed by atoms with Crippen molar-refractivity contribution in [1.29, 1.82) is 0 Å². The van der Waals surface area contributed by atoms with Crippen molar-refractivity contribution in [1.82, 2.24) is 9.97 Å². The van der Waals surface area contributed by atoms with Crippen molar-refractivity contribution >= 4 is 5.82 Å². The van der Waals surface area contributed by atoms with Gasteiger partial charge in [0, 0.05) is 0 Å². The Morgan fingerprint density at radius 3 is 2.74 bits per heavy atom. The van der Waals surface area contributed by atoms with Crippen LogP contribution in [0.2, 0.25) is 0 Å². The minimum Gasteiger partial charge on any atom is -0.438 e. The topological polar surface area (TPSA) is 73.1 Å². The lowest BCUT2D eigenvalue weighted by atomic mass is 10.1. The molecule has 0 amide bonds. The van der Waals surface area contributed by atoms with Gasteiger partial charge in [0.15, 0.2) is 0 Å². The minimum atomic E-state index is 0.541. The molecule has 100 valence electrons. The van der Waals surface area contributed by atoms with Crippen LogP contribution in [0.5, 0.6) is 11.6 Å². The lowest BCUT2D eigenvalue weighted by Crippen LogP contribution is -2.12. The number of nitrogens with zero attached hydrogens (tertiary/aromatic N) is 2. The molecular weight excluding hydrogens is 240 g/mol. The van der Waals surface area contributed by atoms with Gasteiger partial charge in [-0.3, -0.25) is 0 Å². The first-order valence-corrected chi connectivity index (χ1v) is 6.22. The first kappa shape index (κ1) is 13.3. The molecular formula is C14H18N4O. The zero-order chi connectivity index (χ0) is 13.8. The Morgan fingerprint density at radius 1 is 1.26 bits per heavy atom. The first-order chi connectivity index (χ1) is 9.17. The maximum atomic E-state index is 5.91. The van der Waals surface area contributed by atoms with Crippen LogP contribution < -0.4 is 16.0 Å². The molecule has 0 fully saturated rings. The maximum Gasteiger partial charge on any atom is 0.227 e. The number of rotatable bonds is 4. The van der Waals surface area contributed by atoms with Gasteiger partial charge in [-0.05, 0) is 37.5 Å². The summed E-state index contributed by atoms with van der Waals surface area (Å²) in [4.78, 5) is 8.28. The molecule has 0 aliphatic rings. The van der Waals surface area contributed by atoms with Crippen molar-refractivity contribution in [3.05, 3.63) is 41.2 Å². The summed E-state index contributed by atoms with van der Waals surface area (Å²) in [5.74, 6) is 7.38. The summed E-state index contributed by atoms with van der Waals surface area (Å²) in [6, 6.07) is 5.95. The van der Waals surface area contributed by atoms with E-state index >= 15 is 0 Å². The standard InChI is InChI=1S/C14H18N4O/c1-4-11-13(18-15)16-8-17-14(11)19-12-7-5-6-9(2)10(12)3/h5-8H,4,15H2,1-3H3,(H,16,17,18). The summed E-state index contributed by atoms with van der Waals surface area (Å²) in [5.41, 5.74) is 5.72. The summed E-state index contributed by atoms with van der Waals surface area (Å²) in [5, 5.41) is 0. The monoisotopic (exact) mass is 258 g/mol. The average Bonchev–Trinajstić information content (AvgIpc) is 2.43. The number of ether oxygens (including phenoxy) is 1. The second-order valence-corrected chi connectivity index (χ2v) is 4.30. The third-order valence-electron chi connectivity index (χ3n) is 3.16. The van der Waals surface area contributed by atoms with Crippen molar-refractivity contribution in [3.8, 4) is 11.6 Å². The fourth-order valence-corrected chi connectivity index (χ4v) is 1.87. The zero-order valence-electron chi connectivity index (χ0n) is 11.4. The van der Waals surface area contributed by atoms with Gasteiger partial charge in [-0.2, -0.15) is 0 Å². The number of hydrazine groups is 1. The number of aromatic nitrogens is 2. The number of nitrogen functional groups attached to an aromatic ring is 1. The molecule has 1 aromatic carbocycles. The quantitative estimate of drug-likeness (QED) is 0.651. The van der Waals surface area contributed by atoms with Gasteiger partial charge < -0.3 is 10.2 Å². The highest BCUT2D eigenvalue weighted by Crippen LogP contribution is 2.30. The molecule has 0 saturated carbocycles. The summed E-state index contributed by atoms with van der Waals surface area (Å²) in [6.07, 6.45) is 2.18. The molecule has 1 heterocycles. The van der Waals surface area contributed by atoms with Crippen LogP contribution in [-0.2, 0) is 6.42 Å². The van der Waals surface area contributed by atoms with Crippen LogP contribution in [0, 0.1) is 13.8 Å². The Balaban J connectivity index is 2.41. The zero-order valence-corrected chi connectivity index (χ0v) is 11.4. The molecule has 2 rings (SSSR count). The Bertz CT molecular complexity index is 584. The molecule has 0 aliphatic carbocycles. The maximum absolute atomic E-state index is 5.91. The van der Waals surface area contributed by atoms with E-state index in [-0.39, 0.29) is 0 Å². The molecule has 5 heteroatoms. The predicted molar refractivity (Wildman–Crippen MR) is 75.2 cm³/mol. The van der Waals surface area contributed by atoms with Crippen LogP contribution in [0.15, 0.2) is 24.5 Å². The Hall–Kier alpha value is -2.14. The SMILES string of the molecule is CCc1c(NN)ncnc1Oc1cccc(C)c1C. The Labute approximate surface area is 112 Å². The van der Waals surface area contributed by atoms with Crippen molar-refractivity contribution in [2.45, 2.75) is 27.2 Å². The number of hydrogen-bond acceptors (Lipinski definition) is 5.